The predicted molar refractivity (Wildman–Crippen MR) is 64.9 cm³/mol. The largest absolute Gasteiger partial charge is 0.391 e. The van der Waals surface area contributed by atoms with Gasteiger partial charge >= 0.3 is 0 Å². The summed E-state index contributed by atoms with van der Waals surface area (Å²) in [4.78, 5) is 14.2. The Balaban J connectivity index is 1.88. The van der Waals surface area contributed by atoms with Crippen LogP contribution >= 0.6 is 11.3 Å². The number of H-pyrrole nitrogens is 1. The molecule has 1 fully saturated rings. The third-order valence-corrected chi connectivity index (χ3v) is 3.64. The summed E-state index contributed by atoms with van der Waals surface area (Å²) >= 11 is 1.61. The summed E-state index contributed by atoms with van der Waals surface area (Å²) in [5.41, 5.74) is 0.893. The summed E-state index contributed by atoms with van der Waals surface area (Å²) < 4.78 is 0. The predicted octanol–water partition coefficient (Wildman–Crippen LogP) is 1.24. The van der Waals surface area contributed by atoms with E-state index in [9.17, 15) is 9.90 Å². The van der Waals surface area contributed by atoms with Gasteiger partial charge in [-0.15, -0.1) is 11.3 Å². The van der Waals surface area contributed by atoms with Crippen LogP contribution in [-0.2, 0) is 4.79 Å². The van der Waals surface area contributed by atoms with Crippen LogP contribution in [0.3, 0.4) is 0 Å². The van der Waals surface area contributed by atoms with Crippen LogP contribution in [0, 0.1) is 0 Å². The number of anilines is 1. The molecule has 1 atom stereocenters. The maximum absolute atomic E-state index is 11.6. The molecule has 1 saturated heterocycles. The highest BCUT2D eigenvalue weighted by atomic mass is 32.1. The van der Waals surface area contributed by atoms with Crippen molar-refractivity contribution < 1.29 is 9.90 Å². The summed E-state index contributed by atoms with van der Waals surface area (Å²) in [5, 5.41) is 18.4. The molecule has 2 N–H and O–H groups in total. The molecule has 1 aliphatic rings. The number of β-amino-alcohol motifs (C(OH)–C–C–N with tert-alkyl or cyclic N) is 1. The lowest BCUT2D eigenvalue weighted by atomic mass is 10.3. The van der Waals surface area contributed by atoms with Crippen molar-refractivity contribution in [2.24, 2.45) is 0 Å². The quantitative estimate of drug-likeness (QED) is 0.841. The molecule has 0 aliphatic carbocycles. The smallest absolute Gasteiger partial charge is 0.230 e. The molecule has 2 aromatic heterocycles. The number of hydrogen-bond donors (Lipinski definition) is 2. The molecule has 1 amide bonds. The fraction of sp³-hybridized carbons (Fsp3) is 0.273. The van der Waals surface area contributed by atoms with Gasteiger partial charge in [-0.1, -0.05) is 6.07 Å². The molecule has 5 nitrogen and oxygen atoms in total. The first-order chi connectivity index (χ1) is 8.24. The number of nitrogens with one attached hydrogen (secondary N) is 1. The molecule has 0 radical (unpaired) electrons. The molecule has 0 saturated carbocycles. The maximum atomic E-state index is 11.6. The highest BCUT2D eigenvalue weighted by Crippen LogP contribution is 2.27. The summed E-state index contributed by atoms with van der Waals surface area (Å²) in [6.45, 7) is 0.327. The van der Waals surface area contributed by atoms with Crippen molar-refractivity contribution in [3.8, 4) is 10.6 Å². The normalized spacial score (nSPS) is 20.2. The van der Waals surface area contributed by atoms with Crippen LogP contribution in [0.15, 0.2) is 23.6 Å². The van der Waals surface area contributed by atoms with Crippen LogP contribution in [0.1, 0.15) is 6.42 Å². The minimum Gasteiger partial charge on any atom is -0.391 e. The number of nitrogens with zero attached hydrogens (tertiary/aromatic N) is 2. The van der Waals surface area contributed by atoms with Gasteiger partial charge < -0.3 is 5.11 Å². The Bertz CT molecular complexity index is 535. The monoisotopic (exact) mass is 249 g/mol. The maximum Gasteiger partial charge on any atom is 0.230 e. The molecule has 1 unspecified atom stereocenters. The van der Waals surface area contributed by atoms with Gasteiger partial charge in [0.25, 0.3) is 0 Å². The molecule has 2 aromatic rings. The number of amides is 1. The zero-order valence-electron chi connectivity index (χ0n) is 8.96. The summed E-state index contributed by atoms with van der Waals surface area (Å²) in [6.07, 6.45) is -0.398. The Morgan fingerprint density at radius 2 is 2.47 bits per heavy atom. The van der Waals surface area contributed by atoms with Gasteiger partial charge in [-0.05, 0) is 11.4 Å². The minimum atomic E-state index is -0.579. The molecular weight excluding hydrogens is 238 g/mol. The summed E-state index contributed by atoms with van der Waals surface area (Å²) in [6, 6.07) is 5.79. The van der Waals surface area contributed by atoms with Crippen molar-refractivity contribution in [3.05, 3.63) is 23.6 Å². The van der Waals surface area contributed by atoms with E-state index in [1.807, 2.05) is 23.6 Å². The lowest BCUT2D eigenvalue weighted by molar-refractivity contribution is -0.117. The Labute approximate surface area is 102 Å². The lowest BCUT2D eigenvalue weighted by Crippen LogP contribution is -2.25. The van der Waals surface area contributed by atoms with Crippen LogP contribution in [0.2, 0.25) is 0 Å². The Kier molecular flexibility index (Phi) is 2.45. The van der Waals surface area contributed by atoms with Gasteiger partial charge in [-0.25, -0.2) is 0 Å². The first kappa shape index (κ1) is 10.5. The third-order valence-electron chi connectivity index (χ3n) is 2.73. The summed E-state index contributed by atoms with van der Waals surface area (Å²) in [7, 11) is 0. The standard InChI is InChI=1S/C11H11N3O2S/c15-7-4-11(16)14(6-7)10-5-8(12-13-10)9-2-1-3-17-9/h1-3,5,7,15H,4,6H2,(H,12,13). The zero-order chi connectivity index (χ0) is 11.8. The summed E-state index contributed by atoms with van der Waals surface area (Å²) in [5.74, 6) is 0.497. The second kappa shape index (κ2) is 3.97. The Hall–Kier alpha value is -1.66. The molecule has 0 aromatic carbocycles. The highest BCUT2D eigenvalue weighted by Gasteiger charge is 2.30. The number of carbonyl (C=O) groups excluding carboxylic acids is 1. The van der Waals surface area contributed by atoms with Crippen molar-refractivity contribution in [2.75, 3.05) is 11.4 Å². The SMILES string of the molecule is O=C1CC(O)CN1c1cc(-c2cccs2)[nH]n1. The number of aromatic amines is 1. The van der Waals surface area contributed by atoms with Crippen LogP contribution in [0.5, 0.6) is 0 Å². The topological polar surface area (TPSA) is 69.2 Å². The molecule has 3 rings (SSSR count). The lowest BCUT2D eigenvalue weighted by Gasteiger charge is -2.10. The number of aromatic nitrogens is 2. The van der Waals surface area contributed by atoms with E-state index in [1.165, 1.54) is 4.90 Å². The fourth-order valence-corrected chi connectivity index (χ4v) is 2.61. The van der Waals surface area contributed by atoms with Gasteiger partial charge in [-0.2, -0.15) is 5.10 Å². The van der Waals surface area contributed by atoms with Gasteiger partial charge in [-0.3, -0.25) is 14.8 Å². The van der Waals surface area contributed by atoms with E-state index < -0.39 is 6.10 Å². The minimum absolute atomic E-state index is 0.0817. The molecule has 17 heavy (non-hydrogen) atoms. The van der Waals surface area contributed by atoms with E-state index in [1.54, 1.807) is 11.3 Å². The number of thiophene rings is 1. The van der Waals surface area contributed by atoms with E-state index in [0.717, 1.165) is 10.6 Å². The van der Waals surface area contributed by atoms with Gasteiger partial charge in [0.15, 0.2) is 5.82 Å². The molecule has 88 valence electrons. The van der Waals surface area contributed by atoms with E-state index in [-0.39, 0.29) is 12.3 Å². The number of carbonyl (C=O) groups is 1. The second-order valence-corrected chi connectivity index (χ2v) is 4.93. The van der Waals surface area contributed by atoms with Gasteiger partial charge in [0.05, 0.1) is 29.6 Å². The average molecular weight is 249 g/mol. The molecule has 0 bridgehead atoms. The first-order valence-corrected chi connectivity index (χ1v) is 6.20. The molecule has 0 spiro atoms. The van der Waals surface area contributed by atoms with Crippen molar-refractivity contribution in [1.82, 2.24) is 10.2 Å². The second-order valence-electron chi connectivity index (χ2n) is 3.98. The van der Waals surface area contributed by atoms with Crippen LogP contribution < -0.4 is 4.90 Å². The Morgan fingerprint density at radius 3 is 3.12 bits per heavy atom. The van der Waals surface area contributed by atoms with Crippen LogP contribution in [-0.4, -0.2) is 33.9 Å². The van der Waals surface area contributed by atoms with Crippen molar-refractivity contribution in [3.63, 3.8) is 0 Å². The number of rotatable bonds is 2. The van der Waals surface area contributed by atoms with Crippen LogP contribution in [0.4, 0.5) is 5.82 Å². The van der Waals surface area contributed by atoms with Crippen molar-refractivity contribution in [2.45, 2.75) is 12.5 Å². The number of hydrogen-bond acceptors (Lipinski definition) is 4. The third kappa shape index (κ3) is 1.85. The van der Waals surface area contributed by atoms with E-state index in [4.69, 9.17) is 0 Å². The zero-order valence-corrected chi connectivity index (χ0v) is 9.78. The molecule has 3 heterocycles. The number of aliphatic hydroxyl groups is 1. The molecule has 1 aliphatic heterocycles. The van der Waals surface area contributed by atoms with Crippen molar-refractivity contribution >= 4 is 23.1 Å². The highest BCUT2D eigenvalue weighted by molar-refractivity contribution is 7.13. The molecular formula is C11H11N3O2S. The van der Waals surface area contributed by atoms with E-state index >= 15 is 0 Å². The first-order valence-electron chi connectivity index (χ1n) is 5.32. The number of aliphatic hydroxyl groups excluding tert-OH is 1. The van der Waals surface area contributed by atoms with Crippen molar-refractivity contribution in [1.29, 1.82) is 0 Å². The van der Waals surface area contributed by atoms with Gasteiger partial charge in [0, 0.05) is 6.07 Å². The Morgan fingerprint density at radius 1 is 1.59 bits per heavy atom. The van der Waals surface area contributed by atoms with Gasteiger partial charge in [0.2, 0.25) is 5.91 Å². The fourth-order valence-electron chi connectivity index (χ4n) is 1.92. The van der Waals surface area contributed by atoms with E-state index in [2.05, 4.69) is 10.2 Å². The van der Waals surface area contributed by atoms with Gasteiger partial charge in [0.1, 0.15) is 0 Å². The average Bonchev–Trinajstić information content (AvgIpc) is 2.97. The molecule has 6 heteroatoms. The van der Waals surface area contributed by atoms with E-state index in [0.29, 0.717) is 12.4 Å². The van der Waals surface area contributed by atoms with Crippen LogP contribution in [0.25, 0.3) is 10.6 Å².